The van der Waals surface area contributed by atoms with Crippen molar-refractivity contribution in [2.45, 2.75) is 107 Å². The van der Waals surface area contributed by atoms with Gasteiger partial charge in [0.1, 0.15) is 0 Å². The zero-order valence-corrected chi connectivity index (χ0v) is 28.7. The summed E-state index contributed by atoms with van der Waals surface area (Å²) in [7, 11) is 0. The van der Waals surface area contributed by atoms with Crippen LogP contribution in [-0.4, -0.2) is 46.9 Å². The fourth-order valence-electron chi connectivity index (χ4n) is 4.98. The van der Waals surface area contributed by atoms with Crippen LogP contribution < -0.4 is 10.6 Å². The molecule has 1 heterocycles. The molecule has 3 rings (SSSR count). The van der Waals surface area contributed by atoms with Gasteiger partial charge < -0.3 is 20.6 Å². The van der Waals surface area contributed by atoms with Crippen LogP contribution in [0.4, 0.5) is 8.78 Å². The van der Waals surface area contributed by atoms with Gasteiger partial charge in [-0.1, -0.05) is 52.5 Å². The fourth-order valence-corrected chi connectivity index (χ4v) is 4.98. The first-order chi connectivity index (χ1) is 21.2. The van der Waals surface area contributed by atoms with Crippen LogP contribution in [-0.2, 0) is 14.4 Å². The van der Waals surface area contributed by atoms with Gasteiger partial charge in [-0.05, 0) is 93.0 Å². The lowest BCUT2D eigenvalue weighted by Gasteiger charge is -2.32. The van der Waals surface area contributed by atoms with E-state index in [1.54, 1.807) is 13.1 Å². The average molecular weight is 632 g/mol. The molecule has 0 aliphatic carbocycles. The lowest BCUT2D eigenvalue weighted by molar-refractivity contribution is -0.138. The number of halogens is 2. The first-order valence-electron chi connectivity index (χ1n) is 15.8. The number of carbonyl (C=O) groups excluding carboxylic acids is 2. The lowest BCUT2D eigenvalue weighted by atomic mass is 9.92. The number of carboxylic acid groups (broad SMARTS) is 1. The van der Waals surface area contributed by atoms with E-state index >= 15 is 0 Å². The molecule has 9 heteroatoms. The second-order valence-electron chi connectivity index (χ2n) is 11.4. The molecule has 3 N–H and O–H groups in total. The number of hydrogen-bond donors (Lipinski definition) is 3. The fraction of sp³-hybridized carbons (Fsp3) is 0.528. The molecule has 2 atom stereocenters. The number of hydrogen-bond acceptors (Lipinski definition) is 4. The van der Waals surface area contributed by atoms with Crippen LogP contribution in [0.3, 0.4) is 0 Å². The van der Waals surface area contributed by atoms with Crippen molar-refractivity contribution in [1.82, 2.24) is 15.5 Å². The molecule has 1 fully saturated rings. The van der Waals surface area contributed by atoms with Crippen LogP contribution in [0.25, 0.3) is 11.1 Å². The Morgan fingerprint density at radius 3 is 2.13 bits per heavy atom. The number of aryl methyl sites for hydroxylation is 2. The minimum Gasteiger partial charge on any atom is -0.481 e. The molecule has 45 heavy (non-hydrogen) atoms. The summed E-state index contributed by atoms with van der Waals surface area (Å²) in [6.45, 7) is 22.7. The van der Waals surface area contributed by atoms with E-state index in [-0.39, 0.29) is 11.5 Å². The predicted octanol–water partition coefficient (Wildman–Crippen LogP) is 8.10. The monoisotopic (exact) mass is 631 g/mol. The second kappa shape index (κ2) is 21.9. The van der Waals surface area contributed by atoms with Crippen LogP contribution in [0.1, 0.15) is 103 Å². The minimum atomic E-state index is -1.23. The molecule has 1 aliphatic heterocycles. The van der Waals surface area contributed by atoms with Gasteiger partial charge in [0.05, 0.1) is 12.5 Å². The Hall–Kier alpha value is -3.75. The molecule has 7 nitrogen and oxygen atoms in total. The van der Waals surface area contributed by atoms with Crippen molar-refractivity contribution in [1.29, 1.82) is 0 Å². The van der Waals surface area contributed by atoms with Crippen LogP contribution in [0, 0.1) is 31.4 Å². The van der Waals surface area contributed by atoms with E-state index in [4.69, 9.17) is 5.11 Å². The molecule has 2 aromatic carbocycles. The summed E-state index contributed by atoms with van der Waals surface area (Å²) in [6, 6.07) is 7.37. The Morgan fingerprint density at radius 2 is 1.69 bits per heavy atom. The topological polar surface area (TPSA) is 98.7 Å². The molecule has 2 amide bonds. The van der Waals surface area contributed by atoms with Crippen molar-refractivity contribution in [3.8, 4) is 11.1 Å². The zero-order chi connectivity index (χ0) is 34.7. The van der Waals surface area contributed by atoms with Gasteiger partial charge in [0.2, 0.25) is 11.8 Å². The van der Waals surface area contributed by atoms with E-state index in [0.29, 0.717) is 11.6 Å². The SMILES string of the molecule is C=CNCCC(C)C.CC.CC(=O)N1CCCC[C@@H]1C.CC(=O)NC(CC(=O)O)c1cc(-c2c(C)cccc2C)cc(F)c1F. The number of aliphatic carboxylic acids is 1. The maximum Gasteiger partial charge on any atom is 0.305 e. The molecule has 0 bridgehead atoms. The standard InChI is InChI=1S/C19H19F2NO3.C8H15NO.C7H15N.C2H6/c1-10-5-4-6-11(2)18(10)13-7-14(19(21)15(20)8-13)16(9-17(24)25)22-12(3)23;1-7-5-3-4-6-9(7)8(2)10;1-4-8-6-5-7(2)3;1-2/h4-8,16H,9H2,1-3H3,(H,22,23)(H,24,25);7H,3-6H2,1-2H3;4,7-8H,1,5-6H2,2-3H3;1-2H3/t;7-;;/m.0../s1. The summed E-state index contributed by atoms with van der Waals surface area (Å²) < 4.78 is 28.5. The maximum absolute atomic E-state index is 14.3. The Morgan fingerprint density at radius 1 is 1.09 bits per heavy atom. The molecule has 0 spiro atoms. The van der Waals surface area contributed by atoms with Crippen molar-refractivity contribution in [2.75, 3.05) is 13.1 Å². The Balaban J connectivity index is 0.000000791. The molecule has 252 valence electrons. The number of carboxylic acids is 1. The molecular weight excluding hydrogens is 576 g/mol. The van der Waals surface area contributed by atoms with E-state index in [2.05, 4.69) is 38.0 Å². The van der Waals surface area contributed by atoms with Crippen LogP contribution >= 0.6 is 0 Å². The summed E-state index contributed by atoms with van der Waals surface area (Å²) in [5, 5.41) is 14.4. The van der Waals surface area contributed by atoms with Crippen LogP contribution in [0.15, 0.2) is 43.1 Å². The normalized spacial score (nSPS) is 14.3. The van der Waals surface area contributed by atoms with Gasteiger partial charge in [-0.3, -0.25) is 14.4 Å². The first-order valence-corrected chi connectivity index (χ1v) is 15.8. The van der Waals surface area contributed by atoms with Gasteiger partial charge in [0, 0.05) is 38.5 Å². The molecule has 2 aromatic rings. The molecular formula is C36H55F2N3O4. The van der Waals surface area contributed by atoms with Gasteiger partial charge in [-0.15, -0.1) is 0 Å². The number of amides is 2. The predicted molar refractivity (Wildman–Crippen MR) is 180 cm³/mol. The van der Waals surface area contributed by atoms with E-state index < -0.39 is 36.0 Å². The van der Waals surface area contributed by atoms with Crippen LogP contribution in [0.5, 0.6) is 0 Å². The van der Waals surface area contributed by atoms with Crippen molar-refractivity contribution in [3.63, 3.8) is 0 Å². The highest BCUT2D eigenvalue weighted by molar-refractivity contribution is 5.76. The molecule has 1 saturated heterocycles. The van der Waals surface area contributed by atoms with E-state index in [1.807, 2.05) is 50.8 Å². The van der Waals surface area contributed by atoms with Crippen molar-refractivity contribution in [2.24, 2.45) is 5.92 Å². The zero-order valence-electron chi connectivity index (χ0n) is 28.7. The minimum absolute atomic E-state index is 0.185. The summed E-state index contributed by atoms with van der Waals surface area (Å²) in [5.74, 6) is -2.97. The van der Waals surface area contributed by atoms with Crippen molar-refractivity contribution in [3.05, 3.63) is 71.4 Å². The number of benzene rings is 2. The Bertz CT molecular complexity index is 1200. The third-order valence-electron chi connectivity index (χ3n) is 7.18. The molecule has 0 radical (unpaired) electrons. The largest absolute Gasteiger partial charge is 0.481 e. The smallest absolute Gasteiger partial charge is 0.305 e. The third kappa shape index (κ3) is 15.2. The lowest BCUT2D eigenvalue weighted by Crippen LogP contribution is -2.40. The highest BCUT2D eigenvalue weighted by Crippen LogP contribution is 2.32. The molecule has 1 aliphatic rings. The summed E-state index contributed by atoms with van der Waals surface area (Å²) in [5.41, 5.74) is 2.76. The molecule has 1 unspecified atom stereocenters. The third-order valence-corrected chi connectivity index (χ3v) is 7.18. The van der Waals surface area contributed by atoms with Gasteiger partial charge >= 0.3 is 5.97 Å². The second-order valence-corrected chi connectivity index (χ2v) is 11.4. The van der Waals surface area contributed by atoms with E-state index in [0.717, 1.165) is 41.8 Å². The van der Waals surface area contributed by atoms with Crippen LogP contribution in [0.2, 0.25) is 0 Å². The van der Waals surface area contributed by atoms with E-state index in [9.17, 15) is 23.2 Å². The van der Waals surface area contributed by atoms with Crippen molar-refractivity contribution >= 4 is 17.8 Å². The summed E-state index contributed by atoms with van der Waals surface area (Å²) in [6.07, 6.45) is 6.06. The highest BCUT2D eigenvalue weighted by atomic mass is 19.2. The van der Waals surface area contributed by atoms with Gasteiger partial charge in [-0.25, -0.2) is 8.78 Å². The molecule has 0 saturated carbocycles. The first kappa shape index (κ1) is 41.2. The number of carbonyl (C=O) groups is 3. The number of likely N-dealkylation sites (tertiary alicyclic amines) is 1. The quantitative estimate of drug-likeness (QED) is 0.243. The number of rotatable bonds is 9. The highest BCUT2D eigenvalue weighted by Gasteiger charge is 2.24. The van der Waals surface area contributed by atoms with E-state index in [1.165, 1.54) is 38.7 Å². The maximum atomic E-state index is 14.3. The number of piperidine rings is 1. The van der Waals surface area contributed by atoms with Gasteiger partial charge in [-0.2, -0.15) is 0 Å². The van der Waals surface area contributed by atoms with Gasteiger partial charge in [0.25, 0.3) is 0 Å². The number of nitrogens with one attached hydrogen (secondary N) is 2. The Kier molecular flexibility index (Phi) is 20.0. The summed E-state index contributed by atoms with van der Waals surface area (Å²) >= 11 is 0. The Labute approximate surface area is 269 Å². The summed E-state index contributed by atoms with van der Waals surface area (Å²) in [4.78, 5) is 35.3. The average Bonchev–Trinajstić information content (AvgIpc) is 2.96. The van der Waals surface area contributed by atoms with Crippen molar-refractivity contribution < 1.29 is 28.3 Å². The number of nitrogens with zero attached hydrogens (tertiary/aromatic N) is 1. The van der Waals surface area contributed by atoms with Gasteiger partial charge in [0.15, 0.2) is 11.6 Å². The molecule has 0 aromatic heterocycles.